The van der Waals surface area contributed by atoms with Gasteiger partial charge in [0.25, 0.3) is 0 Å². The van der Waals surface area contributed by atoms with E-state index in [1.807, 2.05) is 37.3 Å². The molecule has 0 aliphatic carbocycles. The van der Waals surface area contributed by atoms with E-state index in [-0.39, 0.29) is 6.04 Å². The van der Waals surface area contributed by atoms with Crippen LogP contribution in [0, 0.1) is 0 Å². The molecule has 0 amide bonds. The number of rotatable bonds is 9. The molecule has 0 saturated heterocycles. The number of benzene rings is 2. The summed E-state index contributed by atoms with van der Waals surface area (Å²) in [5, 5.41) is 1.98. The molecule has 4 nitrogen and oxygen atoms in total. The van der Waals surface area contributed by atoms with Gasteiger partial charge in [-0.05, 0) is 62.3 Å². The number of nitrogens with zero attached hydrogens (tertiary/aromatic N) is 1. The number of sulfonamides is 1. The van der Waals surface area contributed by atoms with E-state index in [2.05, 4.69) is 23.5 Å². The average molecular weight is 349 g/mol. The zero-order valence-corrected chi connectivity index (χ0v) is 15.6. The lowest BCUT2D eigenvalue weighted by molar-refractivity contribution is 0.293. The van der Waals surface area contributed by atoms with Gasteiger partial charge < -0.3 is 4.90 Å². The van der Waals surface area contributed by atoms with Crippen LogP contribution >= 0.6 is 0 Å². The molecule has 2 aromatic carbocycles. The molecule has 0 fully saturated rings. The first-order valence-electron chi connectivity index (χ1n) is 8.69. The van der Waals surface area contributed by atoms with Crippen LogP contribution in [0.1, 0.15) is 33.6 Å². The van der Waals surface area contributed by atoms with Crippen molar-refractivity contribution < 1.29 is 8.42 Å². The SMILES string of the molecule is CCN(CC)CCC[C@H](C)NS(=O)(=O)c1ccc2ccccc2c1. The molecule has 2 aromatic rings. The third kappa shape index (κ3) is 5.03. The maximum atomic E-state index is 12.6. The first-order valence-corrected chi connectivity index (χ1v) is 10.2. The van der Waals surface area contributed by atoms with Crippen molar-refractivity contribution in [3.05, 3.63) is 42.5 Å². The fourth-order valence-electron chi connectivity index (χ4n) is 2.89. The number of hydrogen-bond acceptors (Lipinski definition) is 3. The van der Waals surface area contributed by atoms with Crippen LogP contribution in [0.25, 0.3) is 10.8 Å². The van der Waals surface area contributed by atoms with Gasteiger partial charge in [-0.1, -0.05) is 44.2 Å². The Morgan fingerprint density at radius 3 is 2.38 bits per heavy atom. The minimum absolute atomic E-state index is 0.0722. The molecule has 0 unspecified atom stereocenters. The second-order valence-corrected chi connectivity index (χ2v) is 7.91. The van der Waals surface area contributed by atoms with E-state index in [1.54, 1.807) is 12.1 Å². The Hall–Kier alpha value is -1.43. The van der Waals surface area contributed by atoms with Gasteiger partial charge in [-0.3, -0.25) is 0 Å². The summed E-state index contributed by atoms with van der Waals surface area (Å²) in [4.78, 5) is 2.68. The number of nitrogens with one attached hydrogen (secondary N) is 1. The summed E-state index contributed by atoms with van der Waals surface area (Å²) in [6.45, 7) is 9.31. The normalized spacial score (nSPS) is 13.5. The summed E-state index contributed by atoms with van der Waals surface area (Å²) >= 11 is 0. The van der Waals surface area contributed by atoms with Gasteiger partial charge >= 0.3 is 0 Å². The lowest BCUT2D eigenvalue weighted by Crippen LogP contribution is -2.33. The predicted octanol–water partition coefficient (Wildman–Crippen LogP) is 3.63. The Balaban J connectivity index is 1.98. The van der Waals surface area contributed by atoms with E-state index in [0.29, 0.717) is 4.90 Å². The molecule has 0 saturated carbocycles. The molecular formula is C19H28N2O2S. The zero-order chi connectivity index (χ0) is 17.6. The highest BCUT2D eigenvalue weighted by molar-refractivity contribution is 7.89. The predicted molar refractivity (Wildman–Crippen MR) is 101 cm³/mol. The molecule has 5 heteroatoms. The second-order valence-electron chi connectivity index (χ2n) is 6.20. The van der Waals surface area contributed by atoms with E-state index in [1.165, 1.54) is 0 Å². The standard InChI is InChI=1S/C19H28N2O2S/c1-4-21(5-2)14-8-9-16(3)20-24(22,23)19-13-12-17-10-6-7-11-18(17)15-19/h6-7,10-13,15-16,20H,4-5,8-9,14H2,1-3H3/t16-/m0/s1. The zero-order valence-electron chi connectivity index (χ0n) is 14.8. The average Bonchev–Trinajstić information content (AvgIpc) is 2.58. The quantitative estimate of drug-likeness (QED) is 0.753. The van der Waals surface area contributed by atoms with Crippen molar-refractivity contribution in [2.45, 2.75) is 44.6 Å². The summed E-state index contributed by atoms with van der Waals surface area (Å²) in [6, 6.07) is 13.0. The van der Waals surface area contributed by atoms with Gasteiger partial charge in [-0.15, -0.1) is 0 Å². The Morgan fingerprint density at radius 2 is 1.71 bits per heavy atom. The van der Waals surface area contributed by atoms with E-state index >= 15 is 0 Å². The summed E-state index contributed by atoms with van der Waals surface area (Å²) in [7, 11) is -3.48. The van der Waals surface area contributed by atoms with E-state index in [0.717, 1.165) is 43.2 Å². The minimum atomic E-state index is -3.48. The first-order chi connectivity index (χ1) is 11.5. The molecule has 2 rings (SSSR count). The van der Waals surface area contributed by atoms with Gasteiger partial charge in [-0.2, -0.15) is 0 Å². The summed E-state index contributed by atoms with van der Waals surface area (Å²) in [5.41, 5.74) is 0. The molecule has 0 aliphatic heterocycles. The summed E-state index contributed by atoms with van der Waals surface area (Å²) in [6.07, 6.45) is 1.83. The highest BCUT2D eigenvalue weighted by Crippen LogP contribution is 2.19. The minimum Gasteiger partial charge on any atom is -0.304 e. The smallest absolute Gasteiger partial charge is 0.240 e. The van der Waals surface area contributed by atoms with Crippen LogP contribution in [0.5, 0.6) is 0 Å². The van der Waals surface area contributed by atoms with Gasteiger partial charge in [-0.25, -0.2) is 13.1 Å². The third-order valence-corrected chi connectivity index (χ3v) is 5.98. The lowest BCUT2D eigenvalue weighted by Gasteiger charge is -2.19. The van der Waals surface area contributed by atoms with Gasteiger partial charge in [0.05, 0.1) is 4.90 Å². The van der Waals surface area contributed by atoms with Gasteiger partial charge in [0, 0.05) is 6.04 Å². The van der Waals surface area contributed by atoms with Crippen molar-refractivity contribution in [1.29, 1.82) is 0 Å². The fraction of sp³-hybridized carbons (Fsp3) is 0.474. The summed E-state index contributed by atoms with van der Waals surface area (Å²) < 4.78 is 27.9. The molecule has 1 N–H and O–H groups in total. The first kappa shape index (κ1) is 18.9. The molecule has 0 heterocycles. The Labute approximate surface area is 145 Å². The van der Waals surface area contributed by atoms with Crippen molar-refractivity contribution in [3.63, 3.8) is 0 Å². The highest BCUT2D eigenvalue weighted by atomic mass is 32.2. The number of hydrogen-bond donors (Lipinski definition) is 1. The molecule has 24 heavy (non-hydrogen) atoms. The molecule has 0 spiro atoms. The van der Waals surface area contributed by atoms with Crippen LogP contribution in [-0.4, -0.2) is 39.0 Å². The maximum absolute atomic E-state index is 12.6. The largest absolute Gasteiger partial charge is 0.304 e. The Morgan fingerprint density at radius 1 is 1.04 bits per heavy atom. The molecule has 0 radical (unpaired) electrons. The van der Waals surface area contributed by atoms with Gasteiger partial charge in [0.15, 0.2) is 0 Å². The molecular weight excluding hydrogens is 320 g/mol. The highest BCUT2D eigenvalue weighted by Gasteiger charge is 2.17. The van der Waals surface area contributed by atoms with Crippen LogP contribution in [-0.2, 0) is 10.0 Å². The van der Waals surface area contributed by atoms with Crippen LogP contribution in [0.15, 0.2) is 47.4 Å². The van der Waals surface area contributed by atoms with E-state index in [4.69, 9.17) is 0 Å². The van der Waals surface area contributed by atoms with Crippen LogP contribution < -0.4 is 4.72 Å². The van der Waals surface area contributed by atoms with E-state index in [9.17, 15) is 8.42 Å². The molecule has 1 atom stereocenters. The molecule has 0 aromatic heterocycles. The van der Waals surface area contributed by atoms with E-state index < -0.39 is 10.0 Å². The summed E-state index contributed by atoms with van der Waals surface area (Å²) in [5.74, 6) is 0. The maximum Gasteiger partial charge on any atom is 0.240 e. The Kier molecular flexibility index (Phi) is 6.78. The van der Waals surface area contributed by atoms with Crippen molar-refractivity contribution in [2.75, 3.05) is 19.6 Å². The van der Waals surface area contributed by atoms with Crippen LogP contribution in [0.2, 0.25) is 0 Å². The molecule has 132 valence electrons. The van der Waals surface area contributed by atoms with Crippen molar-refractivity contribution in [1.82, 2.24) is 9.62 Å². The lowest BCUT2D eigenvalue weighted by atomic mass is 10.1. The van der Waals surface area contributed by atoms with Crippen molar-refractivity contribution in [2.24, 2.45) is 0 Å². The topological polar surface area (TPSA) is 49.4 Å². The monoisotopic (exact) mass is 348 g/mol. The van der Waals surface area contributed by atoms with Gasteiger partial charge in [0.2, 0.25) is 10.0 Å². The Bertz CT molecular complexity index is 755. The second kappa shape index (κ2) is 8.60. The van der Waals surface area contributed by atoms with Gasteiger partial charge in [0.1, 0.15) is 0 Å². The molecule has 0 aliphatic rings. The fourth-order valence-corrected chi connectivity index (χ4v) is 4.20. The van der Waals surface area contributed by atoms with Crippen molar-refractivity contribution in [3.8, 4) is 0 Å². The van der Waals surface area contributed by atoms with Crippen molar-refractivity contribution >= 4 is 20.8 Å². The van der Waals surface area contributed by atoms with Crippen LogP contribution in [0.4, 0.5) is 0 Å². The molecule has 0 bridgehead atoms. The third-order valence-electron chi connectivity index (χ3n) is 4.39. The number of fused-ring (bicyclic) bond motifs is 1. The van der Waals surface area contributed by atoms with Crippen LogP contribution in [0.3, 0.4) is 0 Å².